The zero-order chi connectivity index (χ0) is 5.82. The Morgan fingerprint density at radius 1 is 1.50 bits per heavy atom. The van der Waals surface area contributed by atoms with Gasteiger partial charge in [-0.3, -0.25) is 5.32 Å². The molecule has 1 N–H and O–H groups in total. The second-order valence-electron chi connectivity index (χ2n) is 1.72. The fourth-order valence-electron chi connectivity index (χ4n) is 0.654. The molecular formula is C5H11NO2. The summed E-state index contributed by atoms with van der Waals surface area (Å²) < 4.78 is 10.3. The average molecular weight is 117 g/mol. The maximum Gasteiger partial charge on any atom is 0.131 e. The van der Waals surface area contributed by atoms with E-state index in [-0.39, 0.29) is 6.23 Å². The van der Waals surface area contributed by atoms with Crippen molar-refractivity contribution in [1.29, 1.82) is 0 Å². The topological polar surface area (TPSA) is 30.5 Å². The standard InChI is InChI=1S/C5H11NO2/c1-6-5-4-7-2-3-8-5/h5-6H,2-4H2,1H3. The first kappa shape index (κ1) is 6.01. The van der Waals surface area contributed by atoms with Gasteiger partial charge in [-0.15, -0.1) is 0 Å². The second kappa shape index (κ2) is 3.02. The van der Waals surface area contributed by atoms with Crippen LogP contribution in [-0.2, 0) is 9.47 Å². The Morgan fingerprint density at radius 3 is 2.75 bits per heavy atom. The summed E-state index contributed by atoms with van der Waals surface area (Å²) in [4.78, 5) is 0. The van der Waals surface area contributed by atoms with E-state index in [1.54, 1.807) is 0 Å². The molecule has 1 saturated heterocycles. The van der Waals surface area contributed by atoms with Gasteiger partial charge in [0.1, 0.15) is 6.23 Å². The number of hydrogen-bond donors (Lipinski definition) is 1. The third-order valence-corrected chi connectivity index (χ3v) is 1.14. The van der Waals surface area contributed by atoms with Crippen molar-refractivity contribution in [1.82, 2.24) is 5.32 Å². The predicted molar refractivity (Wildman–Crippen MR) is 29.6 cm³/mol. The Kier molecular flexibility index (Phi) is 2.27. The molecule has 1 fully saturated rings. The molecule has 0 amide bonds. The van der Waals surface area contributed by atoms with E-state index in [1.807, 2.05) is 7.05 Å². The largest absolute Gasteiger partial charge is 0.375 e. The first-order valence-electron chi connectivity index (χ1n) is 2.80. The summed E-state index contributed by atoms with van der Waals surface area (Å²) in [7, 11) is 1.86. The van der Waals surface area contributed by atoms with Crippen LogP contribution in [0.2, 0.25) is 0 Å². The number of rotatable bonds is 1. The Morgan fingerprint density at radius 2 is 2.38 bits per heavy atom. The normalized spacial score (nSPS) is 30.4. The molecule has 1 unspecified atom stereocenters. The van der Waals surface area contributed by atoms with Crippen LogP contribution in [0, 0.1) is 0 Å². The van der Waals surface area contributed by atoms with Crippen molar-refractivity contribution in [3.63, 3.8) is 0 Å². The summed E-state index contributed by atoms with van der Waals surface area (Å²) in [5.41, 5.74) is 0. The van der Waals surface area contributed by atoms with Crippen LogP contribution in [0.25, 0.3) is 0 Å². The van der Waals surface area contributed by atoms with E-state index in [0.29, 0.717) is 13.2 Å². The third kappa shape index (κ3) is 1.43. The Labute approximate surface area is 49.0 Å². The number of ether oxygens (including phenoxy) is 2. The quantitative estimate of drug-likeness (QED) is 0.506. The first-order chi connectivity index (χ1) is 3.93. The van der Waals surface area contributed by atoms with Gasteiger partial charge >= 0.3 is 0 Å². The zero-order valence-electron chi connectivity index (χ0n) is 5.02. The van der Waals surface area contributed by atoms with Gasteiger partial charge in [0.05, 0.1) is 19.8 Å². The molecule has 0 aromatic heterocycles. The van der Waals surface area contributed by atoms with E-state index >= 15 is 0 Å². The monoisotopic (exact) mass is 117 g/mol. The summed E-state index contributed by atoms with van der Waals surface area (Å²) in [5.74, 6) is 0. The van der Waals surface area contributed by atoms with Gasteiger partial charge in [-0.25, -0.2) is 0 Å². The van der Waals surface area contributed by atoms with Crippen LogP contribution in [0.5, 0.6) is 0 Å². The molecule has 0 spiro atoms. The minimum atomic E-state index is 0.115. The Bertz CT molecular complexity index is 61.4. The highest BCUT2D eigenvalue weighted by Crippen LogP contribution is 1.94. The molecule has 48 valence electrons. The Hall–Kier alpha value is -0.120. The van der Waals surface area contributed by atoms with E-state index in [2.05, 4.69) is 5.32 Å². The molecule has 0 radical (unpaired) electrons. The fourth-order valence-corrected chi connectivity index (χ4v) is 0.654. The zero-order valence-corrected chi connectivity index (χ0v) is 5.02. The lowest BCUT2D eigenvalue weighted by Crippen LogP contribution is -2.38. The summed E-state index contributed by atoms with van der Waals surface area (Å²) in [5, 5.41) is 2.96. The van der Waals surface area contributed by atoms with Crippen molar-refractivity contribution in [2.75, 3.05) is 26.9 Å². The average Bonchev–Trinajstić information content (AvgIpc) is 1.90. The summed E-state index contributed by atoms with van der Waals surface area (Å²) in [6.45, 7) is 2.13. The minimum Gasteiger partial charge on any atom is -0.375 e. The van der Waals surface area contributed by atoms with Gasteiger partial charge < -0.3 is 9.47 Å². The summed E-state index contributed by atoms with van der Waals surface area (Å²) >= 11 is 0. The van der Waals surface area contributed by atoms with Gasteiger partial charge in [0.2, 0.25) is 0 Å². The highest BCUT2D eigenvalue weighted by atomic mass is 16.6. The third-order valence-electron chi connectivity index (χ3n) is 1.14. The van der Waals surface area contributed by atoms with Gasteiger partial charge in [-0.2, -0.15) is 0 Å². The second-order valence-corrected chi connectivity index (χ2v) is 1.72. The van der Waals surface area contributed by atoms with Crippen molar-refractivity contribution in [3.05, 3.63) is 0 Å². The number of nitrogens with one attached hydrogen (secondary N) is 1. The van der Waals surface area contributed by atoms with Crippen LogP contribution >= 0.6 is 0 Å². The van der Waals surface area contributed by atoms with Crippen molar-refractivity contribution in [2.24, 2.45) is 0 Å². The van der Waals surface area contributed by atoms with Crippen molar-refractivity contribution in [2.45, 2.75) is 6.23 Å². The maximum atomic E-state index is 5.19. The lowest BCUT2D eigenvalue weighted by molar-refractivity contribution is -0.0984. The van der Waals surface area contributed by atoms with Gasteiger partial charge in [0.15, 0.2) is 0 Å². The summed E-state index contributed by atoms with van der Waals surface area (Å²) in [6, 6.07) is 0. The van der Waals surface area contributed by atoms with Gasteiger partial charge in [-0.05, 0) is 7.05 Å². The van der Waals surface area contributed by atoms with E-state index in [4.69, 9.17) is 9.47 Å². The highest BCUT2D eigenvalue weighted by molar-refractivity contribution is 4.53. The van der Waals surface area contributed by atoms with Crippen molar-refractivity contribution in [3.8, 4) is 0 Å². The van der Waals surface area contributed by atoms with Crippen molar-refractivity contribution < 1.29 is 9.47 Å². The van der Waals surface area contributed by atoms with E-state index < -0.39 is 0 Å². The molecule has 1 aliphatic heterocycles. The highest BCUT2D eigenvalue weighted by Gasteiger charge is 2.09. The Balaban J connectivity index is 2.13. The van der Waals surface area contributed by atoms with Gasteiger partial charge in [-0.1, -0.05) is 0 Å². The van der Waals surface area contributed by atoms with Crippen LogP contribution in [0.15, 0.2) is 0 Å². The van der Waals surface area contributed by atoms with E-state index in [0.717, 1.165) is 6.61 Å². The van der Waals surface area contributed by atoms with Gasteiger partial charge in [0, 0.05) is 0 Å². The van der Waals surface area contributed by atoms with Crippen LogP contribution in [0.3, 0.4) is 0 Å². The first-order valence-corrected chi connectivity index (χ1v) is 2.80. The number of hydrogen-bond acceptors (Lipinski definition) is 3. The summed E-state index contributed by atoms with van der Waals surface area (Å²) in [6.07, 6.45) is 0.115. The van der Waals surface area contributed by atoms with E-state index in [9.17, 15) is 0 Å². The minimum absolute atomic E-state index is 0.115. The molecule has 0 aromatic carbocycles. The molecule has 3 nitrogen and oxygen atoms in total. The van der Waals surface area contributed by atoms with E-state index in [1.165, 1.54) is 0 Å². The van der Waals surface area contributed by atoms with Crippen LogP contribution in [-0.4, -0.2) is 33.1 Å². The molecule has 0 saturated carbocycles. The number of likely N-dealkylation sites (N-methyl/N-ethyl adjacent to an activating group) is 1. The maximum absolute atomic E-state index is 5.19. The smallest absolute Gasteiger partial charge is 0.131 e. The lowest BCUT2D eigenvalue weighted by Gasteiger charge is -2.21. The molecule has 1 aliphatic rings. The van der Waals surface area contributed by atoms with Crippen LogP contribution in [0.4, 0.5) is 0 Å². The molecular weight excluding hydrogens is 106 g/mol. The molecule has 1 atom stereocenters. The molecule has 1 heterocycles. The molecule has 8 heavy (non-hydrogen) atoms. The molecule has 0 aromatic rings. The molecule has 0 bridgehead atoms. The molecule has 1 rings (SSSR count). The van der Waals surface area contributed by atoms with Crippen LogP contribution < -0.4 is 5.32 Å². The van der Waals surface area contributed by atoms with Crippen molar-refractivity contribution >= 4 is 0 Å². The molecule has 3 heteroatoms. The lowest BCUT2D eigenvalue weighted by atomic mass is 10.5. The fraction of sp³-hybridized carbons (Fsp3) is 1.00. The predicted octanol–water partition coefficient (Wildman–Crippen LogP) is -0.421. The van der Waals surface area contributed by atoms with Crippen LogP contribution in [0.1, 0.15) is 0 Å². The SMILES string of the molecule is CNC1COCCO1. The molecule has 0 aliphatic carbocycles. The van der Waals surface area contributed by atoms with Gasteiger partial charge in [0.25, 0.3) is 0 Å².